The molecule has 0 aromatic heterocycles. The first-order valence-corrected chi connectivity index (χ1v) is 9.13. The van der Waals surface area contributed by atoms with Gasteiger partial charge in [0.2, 0.25) is 5.91 Å². The second-order valence-corrected chi connectivity index (χ2v) is 6.26. The molecule has 150 valence electrons. The third-order valence-electron chi connectivity index (χ3n) is 4.27. The summed E-state index contributed by atoms with van der Waals surface area (Å²) >= 11 is 0. The number of rotatable bonds is 8. The normalized spacial score (nSPS) is 11.6. The highest BCUT2D eigenvalue weighted by Crippen LogP contribution is 2.18. The average molecular weight is 390 g/mol. The summed E-state index contributed by atoms with van der Waals surface area (Å²) in [5, 5.41) is 2.69. The number of carbonyl (C=O) groups is 2. The SMILES string of the molecule is CCN(CC)C(=O)Cc1ccc(NC(=O)C(C)Oc2ccc(F)c(F)c2)cc1. The van der Waals surface area contributed by atoms with Crippen LogP contribution in [0.1, 0.15) is 26.3 Å². The lowest BCUT2D eigenvalue weighted by Crippen LogP contribution is -2.31. The van der Waals surface area contributed by atoms with E-state index in [4.69, 9.17) is 4.74 Å². The van der Waals surface area contributed by atoms with Crippen LogP contribution in [0.5, 0.6) is 5.75 Å². The van der Waals surface area contributed by atoms with E-state index in [0.717, 1.165) is 17.7 Å². The van der Waals surface area contributed by atoms with Crippen molar-refractivity contribution in [3.63, 3.8) is 0 Å². The molecule has 0 radical (unpaired) electrons. The molecular weight excluding hydrogens is 366 g/mol. The molecule has 2 aromatic carbocycles. The Morgan fingerprint density at radius 1 is 1.04 bits per heavy atom. The van der Waals surface area contributed by atoms with Gasteiger partial charge in [-0.1, -0.05) is 12.1 Å². The Balaban J connectivity index is 1.92. The highest BCUT2D eigenvalue weighted by molar-refractivity contribution is 5.94. The summed E-state index contributed by atoms with van der Waals surface area (Å²) in [7, 11) is 0. The second-order valence-electron chi connectivity index (χ2n) is 6.26. The van der Waals surface area contributed by atoms with Crippen LogP contribution in [-0.2, 0) is 16.0 Å². The van der Waals surface area contributed by atoms with Crippen molar-refractivity contribution in [1.29, 1.82) is 0 Å². The summed E-state index contributed by atoms with van der Waals surface area (Å²) in [5.74, 6) is -2.34. The van der Waals surface area contributed by atoms with Crippen molar-refractivity contribution in [1.82, 2.24) is 4.90 Å². The van der Waals surface area contributed by atoms with Gasteiger partial charge in [-0.25, -0.2) is 8.78 Å². The zero-order chi connectivity index (χ0) is 20.7. The van der Waals surface area contributed by atoms with Gasteiger partial charge in [0, 0.05) is 24.8 Å². The van der Waals surface area contributed by atoms with E-state index < -0.39 is 23.6 Å². The highest BCUT2D eigenvalue weighted by Gasteiger charge is 2.16. The molecule has 0 bridgehead atoms. The molecule has 0 aliphatic carbocycles. The molecule has 0 aliphatic rings. The van der Waals surface area contributed by atoms with Gasteiger partial charge in [0.05, 0.1) is 6.42 Å². The molecule has 7 heteroatoms. The van der Waals surface area contributed by atoms with Crippen LogP contribution in [0.2, 0.25) is 0 Å². The molecule has 1 atom stereocenters. The van der Waals surface area contributed by atoms with Gasteiger partial charge in [-0.05, 0) is 50.6 Å². The summed E-state index contributed by atoms with van der Waals surface area (Å²) in [6, 6.07) is 10.0. The van der Waals surface area contributed by atoms with Crippen LogP contribution < -0.4 is 10.1 Å². The fraction of sp³-hybridized carbons (Fsp3) is 0.333. The third kappa shape index (κ3) is 5.77. The van der Waals surface area contributed by atoms with Gasteiger partial charge in [-0.2, -0.15) is 0 Å². The minimum Gasteiger partial charge on any atom is -0.481 e. The molecule has 2 rings (SSSR count). The number of nitrogens with one attached hydrogen (secondary N) is 1. The number of nitrogens with zero attached hydrogens (tertiary/aromatic N) is 1. The first-order chi connectivity index (χ1) is 13.3. The second kappa shape index (κ2) is 9.82. The van der Waals surface area contributed by atoms with Crippen molar-refractivity contribution in [2.75, 3.05) is 18.4 Å². The summed E-state index contributed by atoms with van der Waals surface area (Å²) in [4.78, 5) is 26.1. The first-order valence-electron chi connectivity index (χ1n) is 9.13. The smallest absolute Gasteiger partial charge is 0.265 e. The minimum atomic E-state index is -1.04. The first kappa shape index (κ1) is 21.3. The van der Waals surface area contributed by atoms with Gasteiger partial charge in [-0.3, -0.25) is 9.59 Å². The fourth-order valence-electron chi connectivity index (χ4n) is 2.62. The van der Waals surface area contributed by atoms with Crippen LogP contribution in [0.4, 0.5) is 14.5 Å². The molecule has 0 spiro atoms. The summed E-state index contributed by atoms with van der Waals surface area (Å²) in [6.45, 7) is 6.71. The van der Waals surface area contributed by atoms with E-state index in [2.05, 4.69) is 5.32 Å². The number of likely N-dealkylation sites (N-methyl/N-ethyl adjacent to an activating group) is 1. The van der Waals surface area contributed by atoms with Crippen molar-refractivity contribution in [3.8, 4) is 5.75 Å². The molecule has 2 amide bonds. The Morgan fingerprint density at radius 2 is 1.68 bits per heavy atom. The lowest BCUT2D eigenvalue weighted by molar-refractivity contribution is -0.130. The molecule has 28 heavy (non-hydrogen) atoms. The van der Waals surface area contributed by atoms with E-state index >= 15 is 0 Å². The zero-order valence-corrected chi connectivity index (χ0v) is 16.2. The molecule has 0 saturated carbocycles. The van der Waals surface area contributed by atoms with Crippen molar-refractivity contribution in [3.05, 3.63) is 59.7 Å². The zero-order valence-electron chi connectivity index (χ0n) is 16.2. The number of halogens is 2. The molecule has 1 N–H and O–H groups in total. The van der Waals surface area contributed by atoms with Crippen LogP contribution >= 0.6 is 0 Å². The number of anilines is 1. The van der Waals surface area contributed by atoms with Crippen LogP contribution in [0.3, 0.4) is 0 Å². The topological polar surface area (TPSA) is 58.6 Å². The maximum Gasteiger partial charge on any atom is 0.265 e. The predicted octanol–water partition coefficient (Wildman–Crippen LogP) is 3.78. The molecule has 1 unspecified atom stereocenters. The maximum absolute atomic E-state index is 13.2. The van der Waals surface area contributed by atoms with Gasteiger partial charge in [-0.15, -0.1) is 0 Å². The van der Waals surface area contributed by atoms with Gasteiger partial charge >= 0.3 is 0 Å². The van der Waals surface area contributed by atoms with Crippen LogP contribution in [0.25, 0.3) is 0 Å². The molecule has 0 saturated heterocycles. The Morgan fingerprint density at radius 3 is 2.25 bits per heavy atom. The molecule has 0 fully saturated rings. The Hall–Kier alpha value is -2.96. The highest BCUT2D eigenvalue weighted by atomic mass is 19.2. The van der Waals surface area contributed by atoms with Gasteiger partial charge < -0.3 is 15.0 Å². The van der Waals surface area contributed by atoms with E-state index in [1.54, 1.807) is 29.2 Å². The van der Waals surface area contributed by atoms with E-state index in [9.17, 15) is 18.4 Å². The maximum atomic E-state index is 13.2. The van der Waals surface area contributed by atoms with E-state index in [1.807, 2.05) is 13.8 Å². The fourth-order valence-corrected chi connectivity index (χ4v) is 2.62. The molecule has 2 aromatic rings. The van der Waals surface area contributed by atoms with Crippen molar-refractivity contribution in [2.45, 2.75) is 33.3 Å². The summed E-state index contributed by atoms with van der Waals surface area (Å²) in [5.41, 5.74) is 1.39. The largest absolute Gasteiger partial charge is 0.481 e. The Kier molecular flexibility index (Phi) is 7.49. The van der Waals surface area contributed by atoms with Gasteiger partial charge in [0.1, 0.15) is 5.75 Å². The van der Waals surface area contributed by atoms with Crippen LogP contribution in [0, 0.1) is 11.6 Å². The minimum absolute atomic E-state index is 0.0512. The molecule has 0 heterocycles. The van der Waals surface area contributed by atoms with Crippen molar-refractivity contribution in [2.24, 2.45) is 0 Å². The number of benzene rings is 2. The van der Waals surface area contributed by atoms with Gasteiger partial charge in [0.15, 0.2) is 17.7 Å². The van der Waals surface area contributed by atoms with Crippen LogP contribution in [0.15, 0.2) is 42.5 Å². The standard InChI is InChI=1S/C21H24F2N2O3/c1-4-25(5-2)20(26)12-15-6-8-16(9-7-15)24-21(27)14(3)28-17-10-11-18(22)19(23)13-17/h6-11,13-14H,4-5,12H2,1-3H3,(H,24,27). The number of amides is 2. The lowest BCUT2D eigenvalue weighted by atomic mass is 10.1. The Bertz CT molecular complexity index is 821. The van der Waals surface area contributed by atoms with Gasteiger partial charge in [0.25, 0.3) is 5.91 Å². The lowest BCUT2D eigenvalue weighted by Gasteiger charge is -2.18. The summed E-state index contributed by atoms with van der Waals surface area (Å²) in [6.07, 6.45) is -0.611. The van der Waals surface area contributed by atoms with E-state index in [1.165, 1.54) is 13.0 Å². The Labute approximate surface area is 163 Å². The number of carbonyl (C=O) groups excluding carboxylic acids is 2. The average Bonchev–Trinajstić information content (AvgIpc) is 2.67. The predicted molar refractivity (Wildman–Crippen MR) is 103 cm³/mol. The monoisotopic (exact) mass is 390 g/mol. The molecule has 5 nitrogen and oxygen atoms in total. The van der Waals surface area contributed by atoms with E-state index in [0.29, 0.717) is 25.2 Å². The molecular formula is C21H24F2N2O3. The van der Waals surface area contributed by atoms with Crippen LogP contribution in [-0.4, -0.2) is 35.9 Å². The van der Waals surface area contributed by atoms with E-state index in [-0.39, 0.29) is 11.7 Å². The van der Waals surface area contributed by atoms with Crippen molar-refractivity contribution < 1.29 is 23.1 Å². The number of ether oxygens (including phenoxy) is 1. The van der Waals surface area contributed by atoms with Crippen molar-refractivity contribution >= 4 is 17.5 Å². The number of hydrogen-bond acceptors (Lipinski definition) is 3. The quantitative estimate of drug-likeness (QED) is 0.746. The molecule has 0 aliphatic heterocycles. The third-order valence-corrected chi connectivity index (χ3v) is 4.27. The number of hydrogen-bond donors (Lipinski definition) is 1. The summed E-state index contributed by atoms with van der Waals surface area (Å²) < 4.78 is 31.5.